The van der Waals surface area contributed by atoms with Gasteiger partial charge in [0.25, 0.3) is 0 Å². The Morgan fingerprint density at radius 1 is 1.15 bits per heavy atom. The van der Waals surface area contributed by atoms with Crippen LogP contribution in [0.2, 0.25) is 0 Å². The first-order chi connectivity index (χ1) is 13.2. The van der Waals surface area contributed by atoms with Gasteiger partial charge in [-0.3, -0.25) is 4.40 Å². The number of para-hydroxylation sites is 1. The molecule has 0 aliphatic carbocycles. The van der Waals surface area contributed by atoms with E-state index in [0.717, 1.165) is 36.3 Å². The van der Waals surface area contributed by atoms with Crippen molar-refractivity contribution in [3.63, 3.8) is 0 Å². The number of benzene rings is 1. The van der Waals surface area contributed by atoms with Crippen LogP contribution in [-0.2, 0) is 6.54 Å². The van der Waals surface area contributed by atoms with Crippen molar-refractivity contribution in [2.45, 2.75) is 26.3 Å². The van der Waals surface area contributed by atoms with Gasteiger partial charge in [0.15, 0.2) is 17.4 Å². The van der Waals surface area contributed by atoms with Crippen molar-refractivity contribution in [1.29, 1.82) is 0 Å². The highest BCUT2D eigenvalue weighted by Gasteiger charge is 2.12. The van der Waals surface area contributed by atoms with Crippen LogP contribution >= 0.6 is 0 Å². The second-order valence-electron chi connectivity index (χ2n) is 6.26. The molecule has 2 aromatic heterocycles. The predicted molar refractivity (Wildman–Crippen MR) is 107 cm³/mol. The Morgan fingerprint density at radius 3 is 2.78 bits per heavy atom. The molecule has 2 N–H and O–H groups in total. The molecule has 0 aliphatic heterocycles. The number of aromatic nitrogens is 3. The van der Waals surface area contributed by atoms with Gasteiger partial charge in [0.05, 0.1) is 7.11 Å². The number of ether oxygens (including phenoxy) is 1. The molecule has 0 aliphatic rings. The molecule has 0 saturated carbocycles. The van der Waals surface area contributed by atoms with E-state index in [0.29, 0.717) is 6.54 Å². The van der Waals surface area contributed by atoms with Gasteiger partial charge in [-0.1, -0.05) is 31.2 Å². The monoisotopic (exact) mass is 366 g/mol. The number of rotatable bonds is 7. The largest absolute Gasteiger partial charge is 0.496 e. The molecule has 3 aromatic rings. The van der Waals surface area contributed by atoms with Gasteiger partial charge >= 0.3 is 0 Å². The van der Waals surface area contributed by atoms with E-state index in [1.165, 1.54) is 5.56 Å². The minimum Gasteiger partial charge on any atom is -0.496 e. The standard InChI is InChI=1S/C20H26N6O/c1-4-21-20(22-13-15(2)16-9-5-6-10-17(16)27-3)23-14-19-25-24-18-11-7-8-12-26(18)19/h5-12,15H,4,13-14H2,1-3H3,(H2,21,22,23). The first-order valence-corrected chi connectivity index (χ1v) is 9.16. The van der Waals surface area contributed by atoms with Crippen molar-refractivity contribution in [1.82, 2.24) is 25.2 Å². The highest BCUT2D eigenvalue weighted by atomic mass is 16.5. The number of hydrogen-bond donors (Lipinski definition) is 2. The molecule has 0 saturated heterocycles. The third kappa shape index (κ3) is 4.55. The summed E-state index contributed by atoms with van der Waals surface area (Å²) in [5.74, 6) is 2.75. The molecule has 1 aromatic carbocycles. The second kappa shape index (κ2) is 9.02. The quantitative estimate of drug-likeness (QED) is 0.497. The molecule has 2 heterocycles. The van der Waals surface area contributed by atoms with Crippen molar-refractivity contribution >= 4 is 11.6 Å². The fourth-order valence-electron chi connectivity index (χ4n) is 2.92. The number of methoxy groups -OCH3 is 1. The summed E-state index contributed by atoms with van der Waals surface area (Å²) in [6.07, 6.45) is 1.95. The molecular weight excluding hydrogens is 340 g/mol. The van der Waals surface area contributed by atoms with E-state index in [9.17, 15) is 0 Å². The summed E-state index contributed by atoms with van der Waals surface area (Å²) >= 11 is 0. The Kier molecular flexibility index (Phi) is 6.25. The first-order valence-electron chi connectivity index (χ1n) is 9.16. The molecule has 27 heavy (non-hydrogen) atoms. The molecule has 3 rings (SSSR count). The van der Waals surface area contributed by atoms with Gasteiger partial charge in [-0.25, -0.2) is 4.99 Å². The van der Waals surface area contributed by atoms with E-state index in [1.807, 2.05) is 53.9 Å². The maximum atomic E-state index is 5.47. The number of aliphatic imine (C=N–C) groups is 1. The SMILES string of the molecule is CCNC(=NCc1nnc2ccccn12)NCC(C)c1ccccc1OC. The lowest BCUT2D eigenvalue weighted by Crippen LogP contribution is -2.39. The van der Waals surface area contributed by atoms with Crippen LogP contribution in [0.25, 0.3) is 5.65 Å². The van der Waals surface area contributed by atoms with E-state index < -0.39 is 0 Å². The van der Waals surface area contributed by atoms with Crippen molar-refractivity contribution < 1.29 is 4.74 Å². The summed E-state index contributed by atoms with van der Waals surface area (Å²) in [5, 5.41) is 15.1. The summed E-state index contributed by atoms with van der Waals surface area (Å²) < 4.78 is 7.42. The second-order valence-corrected chi connectivity index (χ2v) is 6.26. The first kappa shape index (κ1) is 18.7. The Morgan fingerprint density at radius 2 is 1.96 bits per heavy atom. The summed E-state index contributed by atoms with van der Waals surface area (Å²) in [5.41, 5.74) is 2.00. The van der Waals surface area contributed by atoms with Crippen LogP contribution in [0.3, 0.4) is 0 Å². The van der Waals surface area contributed by atoms with Gasteiger partial charge in [0.2, 0.25) is 0 Å². The van der Waals surface area contributed by atoms with Crippen LogP contribution in [0.4, 0.5) is 0 Å². The van der Waals surface area contributed by atoms with Crippen molar-refractivity contribution in [3.05, 3.63) is 60.0 Å². The van der Waals surface area contributed by atoms with Crippen molar-refractivity contribution in [3.8, 4) is 5.75 Å². The summed E-state index contributed by atoms with van der Waals surface area (Å²) in [6.45, 7) is 6.19. The van der Waals surface area contributed by atoms with Gasteiger partial charge in [0.1, 0.15) is 12.3 Å². The van der Waals surface area contributed by atoms with Crippen LogP contribution in [-0.4, -0.2) is 40.8 Å². The molecule has 7 heteroatoms. The van der Waals surface area contributed by atoms with Crippen LogP contribution in [0.15, 0.2) is 53.7 Å². The van der Waals surface area contributed by atoms with Crippen LogP contribution < -0.4 is 15.4 Å². The van der Waals surface area contributed by atoms with E-state index in [4.69, 9.17) is 4.74 Å². The summed E-state index contributed by atoms with van der Waals surface area (Å²) in [7, 11) is 1.70. The number of guanidine groups is 1. The van der Waals surface area contributed by atoms with E-state index in [2.05, 4.69) is 38.8 Å². The fourth-order valence-corrected chi connectivity index (χ4v) is 2.92. The van der Waals surface area contributed by atoms with Gasteiger partial charge in [-0.2, -0.15) is 0 Å². The van der Waals surface area contributed by atoms with Crippen LogP contribution in [0.1, 0.15) is 31.2 Å². The maximum absolute atomic E-state index is 5.47. The highest BCUT2D eigenvalue weighted by molar-refractivity contribution is 5.79. The number of pyridine rings is 1. The zero-order valence-electron chi connectivity index (χ0n) is 16.0. The lowest BCUT2D eigenvalue weighted by molar-refractivity contribution is 0.406. The molecule has 0 fully saturated rings. The van der Waals surface area contributed by atoms with E-state index in [1.54, 1.807) is 7.11 Å². The Hall–Kier alpha value is -3.09. The molecule has 1 unspecified atom stereocenters. The number of nitrogens with zero attached hydrogens (tertiary/aromatic N) is 4. The highest BCUT2D eigenvalue weighted by Crippen LogP contribution is 2.25. The zero-order chi connectivity index (χ0) is 19.1. The van der Waals surface area contributed by atoms with Gasteiger partial charge in [-0.05, 0) is 30.7 Å². The number of nitrogens with one attached hydrogen (secondary N) is 2. The Labute approximate surface area is 159 Å². The lowest BCUT2D eigenvalue weighted by atomic mass is 10.0. The average molecular weight is 366 g/mol. The van der Waals surface area contributed by atoms with Crippen molar-refractivity contribution in [2.75, 3.05) is 20.2 Å². The van der Waals surface area contributed by atoms with E-state index in [-0.39, 0.29) is 5.92 Å². The molecule has 142 valence electrons. The smallest absolute Gasteiger partial charge is 0.191 e. The minimum absolute atomic E-state index is 0.277. The van der Waals surface area contributed by atoms with Gasteiger partial charge in [-0.15, -0.1) is 10.2 Å². The normalized spacial score (nSPS) is 12.8. The number of fused-ring (bicyclic) bond motifs is 1. The fraction of sp³-hybridized carbons (Fsp3) is 0.350. The third-order valence-electron chi connectivity index (χ3n) is 4.35. The molecule has 7 nitrogen and oxygen atoms in total. The Balaban J connectivity index is 1.67. The van der Waals surface area contributed by atoms with E-state index >= 15 is 0 Å². The maximum Gasteiger partial charge on any atom is 0.191 e. The van der Waals surface area contributed by atoms with Gasteiger partial charge < -0.3 is 15.4 Å². The molecule has 0 bridgehead atoms. The molecule has 1 atom stereocenters. The molecule has 0 radical (unpaired) electrons. The predicted octanol–water partition coefficient (Wildman–Crippen LogP) is 2.60. The summed E-state index contributed by atoms with van der Waals surface area (Å²) in [4.78, 5) is 4.65. The molecule has 0 spiro atoms. The zero-order valence-corrected chi connectivity index (χ0v) is 16.0. The van der Waals surface area contributed by atoms with Crippen LogP contribution in [0, 0.1) is 0 Å². The average Bonchev–Trinajstić information content (AvgIpc) is 3.13. The lowest BCUT2D eigenvalue weighted by Gasteiger charge is -2.18. The third-order valence-corrected chi connectivity index (χ3v) is 4.35. The topological polar surface area (TPSA) is 75.8 Å². The minimum atomic E-state index is 0.277. The molecular formula is C20H26N6O. The van der Waals surface area contributed by atoms with Gasteiger partial charge in [0, 0.05) is 25.2 Å². The van der Waals surface area contributed by atoms with Crippen molar-refractivity contribution in [2.24, 2.45) is 4.99 Å². The molecule has 0 amide bonds. The van der Waals surface area contributed by atoms with Crippen LogP contribution in [0.5, 0.6) is 5.75 Å². The summed E-state index contributed by atoms with van der Waals surface area (Å²) in [6, 6.07) is 13.9. The number of hydrogen-bond acceptors (Lipinski definition) is 4. The Bertz CT molecular complexity index is 904.